The van der Waals surface area contributed by atoms with Gasteiger partial charge in [-0.05, 0) is 19.4 Å². The van der Waals surface area contributed by atoms with E-state index in [4.69, 9.17) is 5.11 Å². The highest BCUT2D eigenvalue weighted by Gasteiger charge is 2.28. The first-order chi connectivity index (χ1) is 8.39. The zero-order valence-corrected chi connectivity index (χ0v) is 10.2. The SMILES string of the molecule is CCc1nnc(C)cc1C(=O)NCC(F)(F)CO. The van der Waals surface area contributed by atoms with Crippen LogP contribution in [0, 0.1) is 6.92 Å². The largest absolute Gasteiger partial charge is 0.390 e. The highest BCUT2D eigenvalue weighted by molar-refractivity contribution is 5.95. The summed E-state index contributed by atoms with van der Waals surface area (Å²) >= 11 is 0. The minimum atomic E-state index is -3.32. The average Bonchev–Trinajstić information content (AvgIpc) is 2.36. The maximum atomic E-state index is 12.8. The van der Waals surface area contributed by atoms with Crippen molar-refractivity contribution < 1.29 is 18.7 Å². The lowest BCUT2D eigenvalue weighted by molar-refractivity contribution is -0.0462. The summed E-state index contributed by atoms with van der Waals surface area (Å²) in [5.74, 6) is -3.96. The standard InChI is InChI=1S/C11H15F2N3O2/c1-3-9-8(4-7(2)15-16-9)10(18)14-5-11(12,13)6-17/h4,17H,3,5-6H2,1-2H3,(H,14,18). The van der Waals surface area contributed by atoms with Crippen molar-refractivity contribution >= 4 is 5.91 Å². The van der Waals surface area contributed by atoms with Gasteiger partial charge < -0.3 is 10.4 Å². The number of nitrogens with one attached hydrogen (secondary N) is 1. The van der Waals surface area contributed by atoms with E-state index in [1.165, 1.54) is 6.07 Å². The molecule has 0 aliphatic heterocycles. The smallest absolute Gasteiger partial charge is 0.287 e. The van der Waals surface area contributed by atoms with Crippen molar-refractivity contribution in [3.8, 4) is 0 Å². The van der Waals surface area contributed by atoms with Gasteiger partial charge >= 0.3 is 0 Å². The number of hydrogen-bond acceptors (Lipinski definition) is 4. The highest BCUT2D eigenvalue weighted by Crippen LogP contribution is 2.12. The van der Waals surface area contributed by atoms with Gasteiger partial charge in [-0.2, -0.15) is 10.2 Å². The third-order valence-electron chi connectivity index (χ3n) is 2.31. The van der Waals surface area contributed by atoms with Crippen molar-refractivity contribution in [1.29, 1.82) is 0 Å². The maximum absolute atomic E-state index is 12.8. The fourth-order valence-corrected chi connectivity index (χ4v) is 1.33. The van der Waals surface area contributed by atoms with Crippen LogP contribution < -0.4 is 5.32 Å². The third kappa shape index (κ3) is 3.69. The lowest BCUT2D eigenvalue weighted by Gasteiger charge is -2.14. The molecule has 0 radical (unpaired) electrons. The molecule has 0 bridgehead atoms. The normalized spacial score (nSPS) is 11.4. The molecule has 1 rings (SSSR count). The number of aromatic nitrogens is 2. The van der Waals surface area contributed by atoms with Gasteiger partial charge in [0.2, 0.25) is 0 Å². The number of carbonyl (C=O) groups excluding carboxylic acids is 1. The molecule has 0 spiro atoms. The molecule has 18 heavy (non-hydrogen) atoms. The predicted octanol–water partition coefficient (Wildman–Crippen LogP) is 0.705. The van der Waals surface area contributed by atoms with Gasteiger partial charge in [-0.3, -0.25) is 4.79 Å². The second-order valence-corrected chi connectivity index (χ2v) is 3.90. The van der Waals surface area contributed by atoms with Gasteiger partial charge in [0, 0.05) is 0 Å². The summed E-state index contributed by atoms with van der Waals surface area (Å²) in [5, 5.41) is 18.1. The molecule has 0 unspecified atom stereocenters. The third-order valence-corrected chi connectivity index (χ3v) is 2.31. The van der Waals surface area contributed by atoms with Gasteiger partial charge in [0.05, 0.1) is 23.5 Å². The molecule has 0 saturated heterocycles. The number of rotatable bonds is 5. The fraction of sp³-hybridized carbons (Fsp3) is 0.545. The van der Waals surface area contributed by atoms with Crippen LogP contribution in [0.3, 0.4) is 0 Å². The molecule has 7 heteroatoms. The molecular weight excluding hydrogens is 244 g/mol. The topological polar surface area (TPSA) is 75.1 Å². The molecule has 5 nitrogen and oxygen atoms in total. The Labute approximate surface area is 103 Å². The number of amides is 1. The average molecular weight is 259 g/mol. The van der Waals surface area contributed by atoms with Crippen LogP contribution in [0.25, 0.3) is 0 Å². The Hall–Kier alpha value is -1.63. The van der Waals surface area contributed by atoms with Gasteiger partial charge in [0.15, 0.2) is 0 Å². The maximum Gasteiger partial charge on any atom is 0.287 e. The summed E-state index contributed by atoms with van der Waals surface area (Å²) in [7, 11) is 0. The molecule has 1 aromatic rings. The van der Waals surface area contributed by atoms with Crippen LogP contribution in [0.2, 0.25) is 0 Å². The first-order valence-electron chi connectivity index (χ1n) is 5.49. The second-order valence-electron chi connectivity index (χ2n) is 3.90. The van der Waals surface area contributed by atoms with Crippen LogP contribution in [0.1, 0.15) is 28.7 Å². The first-order valence-corrected chi connectivity index (χ1v) is 5.49. The van der Waals surface area contributed by atoms with Gasteiger partial charge in [-0.1, -0.05) is 6.92 Å². The molecule has 1 heterocycles. The van der Waals surface area contributed by atoms with Gasteiger partial charge in [-0.15, -0.1) is 0 Å². The minimum Gasteiger partial charge on any atom is -0.390 e. The van der Waals surface area contributed by atoms with E-state index in [2.05, 4.69) is 15.5 Å². The van der Waals surface area contributed by atoms with E-state index < -0.39 is 25.0 Å². The molecular formula is C11H15F2N3O2. The summed E-state index contributed by atoms with van der Waals surface area (Å²) in [6, 6.07) is 1.50. The molecule has 0 saturated carbocycles. The number of aryl methyl sites for hydroxylation is 2. The minimum absolute atomic E-state index is 0.235. The van der Waals surface area contributed by atoms with Crippen LogP contribution in [-0.4, -0.2) is 40.3 Å². The van der Waals surface area contributed by atoms with E-state index in [0.717, 1.165) is 0 Å². The Morgan fingerprint density at radius 1 is 1.50 bits per heavy atom. The van der Waals surface area contributed by atoms with E-state index in [0.29, 0.717) is 17.8 Å². The lowest BCUT2D eigenvalue weighted by atomic mass is 10.1. The lowest BCUT2D eigenvalue weighted by Crippen LogP contribution is -2.39. The van der Waals surface area contributed by atoms with Crippen LogP contribution in [0.5, 0.6) is 0 Å². The predicted molar refractivity (Wildman–Crippen MR) is 60.5 cm³/mol. The van der Waals surface area contributed by atoms with Gasteiger partial charge in [-0.25, -0.2) is 8.78 Å². The highest BCUT2D eigenvalue weighted by atomic mass is 19.3. The van der Waals surface area contributed by atoms with E-state index in [-0.39, 0.29) is 5.56 Å². The number of nitrogens with zero attached hydrogens (tertiary/aromatic N) is 2. The number of hydrogen-bond donors (Lipinski definition) is 2. The molecule has 0 fully saturated rings. The van der Waals surface area contributed by atoms with Gasteiger partial charge in [0.25, 0.3) is 11.8 Å². The molecule has 2 N–H and O–H groups in total. The van der Waals surface area contributed by atoms with Crippen molar-refractivity contribution in [1.82, 2.24) is 15.5 Å². The molecule has 0 atom stereocenters. The quantitative estimate of drug-likeness (QED) is 0.816. The summed E-state index contributed by atoms with van der Waals surface area (Å²) in [6.07, 6.45) is 0.479. The first kappa shape index (κ1) is 14.4. The summed E-state index contributed by atoms with van der Waals surface area (Å²) in [5.41, 5.74) is 1.22. The summed E-state index contributed by atoms with van der Waals surface area (Å²) < 4.78 is 25.6. The zero-order valence-electron chi connectivity index (χ0n) is 10.2. The van der Waals surface area contributed by atoms with Crippen LogP contribution in [-0.2, 0) is 6.42 Å². The molecule has 0 aliphatic rings. The Bertz CT molecular complexity index is 438. The fourth-order valence-electron chi connectivity index (χ4n) is 1.33. The number of aliphatic hydroxyl groups is 1. The van der Waals surface area contributed by atoms with Crippen molar-refractivity contribution in [2.24, 2.45) is 0 Å². The molecule has 0 aromatic carbocycles. The van der Waals surface area contributed by atoms with Crippen LogP contribution in [0.4, 0.5) is 8.78 Å². The number of aliphatic hydroxyl groups excluding tert-OH is 1. The van der Waals surface area contributed by atoms with E-state index in [9.17, 15) is 13.6 Å². The number of halogens is 2. The van der Waals surface area contributed by atoms with Crippen molar-refractivity contribution in [2.45, 2.75) is 26.2 Å². The second kappa shape index (κ2) is 5.81. The summed E-state index contributed by atoms with van der Waals surface area (Å²) in [4.78, 5) is 11.7. The summed E-state index contributed by atoms with van der Waals surface area (Å²) in [6.45, 7) is 1.23. The van der Waals surface area contributed by atoms with Crippen molar-refractivity contribution in [3.05, 3.63) is 23.0 Å². The van der Waals surface area contributed by atoms with Crippen molar-refractivity contribution in [3.63, 3.8) is 0 Å². The van der Waals surface area contributed by atoms with Gasteiger partial charge in [0.1, 0.15) is 6.61 Å². The Kier molecular flexibility index (Phi) is 4.66. The monoisotopic (exact) mass is 259 g/mol. The van der Waals surface area contributed by atoms with E-state index in [1.807, 2.05) is 0 Å². The molecule has 1 aromatic heterocycles. The Morgan fingerprint density at radius 2 is 2.17 bits per heavy atom. The molecule has 0 aliphatic carbocycles. The molecule has 1 amide bonds. The van der Waals surface area contributed by atoms with E-state index in [1.54, 1.807) is 13.8 Å². The van der Waals surface area contributed by atoms with Crippen LogP contribution >= 0.6 is 0 Å². The number of alkyl halides is 2. The molecule has 100 valence electrons. The van der Waals surface area contributed by atoms with E-state index >= 15 is 0 Å². The van der Waals surface area contributed by atoms with Crippen molar-refractivity contribution in [2.75, 3.05) is 13.2 Å². The zero-order chi connectivity index (χ0) is 13.8. The van der Waals surface area contributed by atoms with Crippen LogP contribution in [0.15, 0.2) is 6.07 Å². The Morgan fingerprint density at radius 3 is 2.72 bits per heavy atom. The number of carbonyl (C=O) groups is 1. The Balaban J connectivity index is 2.81.